The zero-order valence-electron chi connectivity index (χ0n) is 18.3. The highest BCUT2D eigenvalue weighted by Gasteiger charge is 2.13. The molecule has 8 heteroatoms. The standard InChI is InChI=1S/C24H28N6O2/c1-17-20(24(32)29-23(28-17)19-9-11-25-12-10-19)6-8-22(31)27-16-18-5-7-21(26-15-18)30-13-3-2-4-14-30/h5,7,9-12,15H,2-4,6,8,13-14,16H2,1H3,(H,27,31)(H,28,29,32). The molecule has 1 amide bonds. The lowest BCUT2D eigenvalue weighted by Gasteiger charge is -2.27. The van der Waals surface area contributed by atoms with Crippen molar-refractivity contribution in [3.8, 4) is 11.4 Å². The third-order valence-electron chi connectivity index (χ3n) is 5.76. The number of carbonyl (C=O) groups excluding carboxylic acids is 1. The molecule has 0 radical (unpaired) electrons. The van der Waals surface area contributed by atoms with Crippen LogP contribution < -0.4 is 15.8 Å². The van der Waals surface area contributed by atoms with E-state index in [1.54, 1.807) is 31.5 Å². The first-order chi connectivity index (χ1) is 15.6. The van der Waals surface area contributed by atoms with E-state index in [4.69, 9.17) is 0 Å². The maximum absolute atomic E-state index is 12.5. The van der Waals surface area contributed by atoms with Crippen molar-refractivity contribution >= 4 is 11.7 Å². The first-order valence-corrected chi connectivity index (χ1v) is 11.1. The number of hydrogen-bond donors (Lipinski definition) is 2. The fourth-order valence-electron chi connectivity index (χ4n) is 3.91. The smallest absolute Gasteiger partial charge is 0.254 e. The van der Waals surface area contributed by atoms with E-state index >= 15 is 0 Å². The van der Waals surface area contributed by atoms with Gasteiger partial charge in [-0.1, -0.05) is 6.07 Å². The minimum Gasteiger partial charge on any atom is -0.357 e. The van der Waals surface area contributed by atoms with Crippen molar-refractivity contribution in [2.45, 2.75) is 45.6 Å². The van der Waals surface area contributed by atoms with Gasteiger partial charge in [0.05, 0.1) is 0 Å². The molecule has 8 nitrogen and oxygen atoms in total. The molecule has 166 valence electrons. The second kappa shape index (κ2) is 10.2. The molecular formula is C24H28N6O2. The van der Waals surface area contributed by atoms with E-state index in [1.165, 1.54) is 19.3 Å². The number of hydrogen-bond acceptors (Lipinski definition) is 6. The molecule has 1 saturated heterocycles. The van der Waals surface area contributed by atoms with Gasteiger partial charge in [-0.2, -0.15) is 0 Å². The molecule has 0 spiro atoms. The van der Waals surface area contributed by atoms with Crippen molar-refractivity contribution in [2.75, 3.05) is 18.0 Å². The van der Waals surface area contributed by atoms with Crippen LogP contribution in [0, 0.1) is 6.92 Å². The second-order valence-electron chi connectivity index (χ2n) is 8.06. The number of carbonyl (C=O) groups is 1. The number of anilines is 1. The Morgan fingerprint density at radius 2 is 1.91 bits per heavy atom. The van der Waals surface area contributed by atoms with Crippen molar-refractivity contribution in [3.63, 3.8) is 0 Å². The Morgan fingerprint density at radius 1 is 1.12 bits per heavy atom. The quantitative estimate of drug-likeness (QED) is 0.595. The van der Waals surface area contributed by atoms with Gasteiger partial charge < -0.3 is 15.2 Å². The highest BCUT2D eigenvalue weighted by atomic mass is 16.1. The van der Waals surface area contributed by atoms with Gasteiger partial charge in [-0.05, 0) is 56.4 Å². The molecule has 4 heterocycles. The maximum Gasteiger partial charge on any atom is 0.254 e. The summed E-state index contributed by atoms with van der Waals surface area (Å²) in [5.41, 5.74) is 2.70. The van der Waals surface area contributed by atoms with Crippen LogP contribution in [0.2, 0.25) is 0 Å². The van der Waals surface area contributed by atoms with E-state index in [1.807, 2.05) is 18.3 Å². The summed E-state index contributed by atoms with van der Waals surface area (Å²) in [7, 11) is 0. The second-order valence-corrected chi connectivity index (χ2v) is 8.06. The van der Waals surface area contributed by atoms with Crippen LogP contribution in [0.15, 0.2) is 47.7 Å². The van der Waals surface area contributed by atoms with Gasteiger partial charge in [0.15, 0.2) is 0 Å². The number of piperidine rings is 1. The molecule has 3 aromatic rings. The van der Waals surface area contributed by atoms with Crippen LogP contribution in [-0.2, 0) is 17.8 Å². The van der Waals surface area contributed by atoms with Gasteiger partial charge in [0.1, 0.15) is 11.6 Å². The average Bonchev–Trinajstić information content (AvgIpc) is 2.83. The SMILES string of the molecule is Cc1nc(-c2ccncc2)[nH]c(=O)c1CCC(=O)NCc1ccc(N2CCCCC2)nc1. The molecule has 2 N–H and O–H groups in total. The van der Waals surface area contributed by atoms with Crippen LogP contribution in [-0.4, -0.2) is 38.9 Å². The monoisotopic (exact) mass is 432 g/mol. The van der Waals surface area contributed by atoms with Crippen molar-refractivity contribution in [1.82, 2.24) is 25.3 Å². The molecule has 0 unspecified atom stereocenters. The van der Waals surface area contributed by atoms with E-state index < -0.39 is 0 Å². The van der Waals surface area contributed by atoms with Gasteiger partial charge in [0, 0.05) is 61.5 Å². The molecule has 4 rings (SSSR count). The molecule has 1 aliphatic rings. The molecule has 0 aliphatic carbocycles. The number of H-pyrrole nitrogens is 1. The van der Waals surface area contributed by atoms with Gasteiger partial charge >= 0.3 is 0 Å². The molecule has 0 atom stereocenters. The summed E-state index contributed by atoms with van der Waals surface area (Å²) in [5.74, 6) is 1.39. The lowest BCUT2D eigenvalue weighted by atomic mass is 10.1. The van der Waals surface area contributed by atoms with Crippen LogP contribution in [0.4, 0.5) is 5.82 Å². The van der Waals surface area contributed by atoms with E-state index in [2.05, 4.69) is 30.2 Å². The fourth-order valence-corrected chi connectivity index (χ4v) is 3.91. The normalized spacial score (nSPS) is 13.7. The number of nitrogens with one attached hydrogen (secondary N) is 2. The van der Waals surface area contributed by atoms with Crippen molar-refractivity contribution in [1.29, 1.82) is 0 Å². The highest BCUT2D eigenvalue weighted by molar-refractivity contribution is 5.76. The zero-order valence-corrected chi connectivity index (χ0v) is 18.3. The highest BCUT2D eigenvalue weighted by Crippen LogP contribution is 2.17. The van der Waals surface area contributed by atoms with Crippen molar-refractivity contribution in [2.24, 2.45) is 0 Å². The lowest BCUT2D eigenvalue weighted by Crippen LogP contribution is -2.30. The molecule has 3 aromatic heterocycles. The van der Waals surface area contributed by atoms with Gasteiger partial charge in [0.25, 0.3) is 5.56 Å². The van der Waals surface area contributed by atoms with Crippen LogP contribution >= 0.6 is 0 Å². The summed E-state index contributed by atoms with van der Waals surface area (Å²) >= 11 is 0. The summed E-state index contributed by atoms with van der Waals surface area (Å²) in [6, 6.07) is 7.61. The predicted molar refractivity (Wildman–Crippen MR) is 123 cm³/mol. The number of nitrogens with zero attached hydrogens (tertiary/aromatic N) is 4. The van der Waals surface area contributed by atoms with E-state index in [-0.39, 0.29) is 17.9 Å². The topological polar surface area (TPSA) is 104 Å². The van der Waals surface area contributed by atoms with Crippen LogP contribution in [0.25, 0.3) is 11.4 Å². The Labute approximate surface area is 187 Å². The molecule has 1 fully saturated rings. The maximum atomic E-state index is 12.5. The number of aromatic nitrogens is 4. The van der Waals surface area contributed by atoms with Crippen molar-refractivity contribution in [3.05, 3.63) is 70.0 Å². The van der Waals surface area contributed by atoms with E-state index in [0.29, 0.717) is 30.0 Å². The number of aromatic amines is 1. The Morgan fingerprint density at radius 3 is 2.59 bits per heavy atom. The largest absolute Gasteiger partial charge is 0.357 e. The van der Waals surface area contributed by atoms with Crippen molar-refractivity contribution < 1.29 is 4.79 Å². The molecule has 32 heavy (non-hydrogen) atoms. The van der Waals surface area contributed by atoms with Gasteiger partial charge in [0.2, 0.25) is 5.91 Å². The Balaban J connectivity index is 1.30. The number of amides is 1. The Kier molecular flexibility index (Phi) is 6.89. The zero-order chi connectivity index (χ0) is 22.3. The summed E-state index contributed by atoms with van der Waals surface area (Å²) < 4.78 is 0. The average molecular weight is 433 g/mol. The van der Waals surface area contributed by atoms with Gasteiger partial charge in [-0.15, -0.1) is 0 Å². The summed E-state index contributed by atoms with van der Waals surface area (Å²) in [6.45, 7) is 4.32. The van der Waals surface area contributed by atoms with Crippen LogP contribution in [0.5, 0.6) is 0 Å². The minimum atomic E-state index is -0.213. The van der Waals surface area contributed by atoms with Gasteiger partial charge in [-0.3, -0.25) is 14.6 Å². The molecule has 0 bridgehead atoms. The lowest BCUT2D eigenvalue weighted by molar-refractivity contribution is -0.121. The number of aryl methyl sites for hydroxylation is 1. The fraction of sp³-hybridized carbons (Fsp3) is 0.375. The molecule has 0 aromatic carbocycles. The van der Waals surface area contributed by atoms with E-state index in [9.17, 15) is 9.59 Å². The Hall–Kier alpha value is -3.55. The van der Waals surface area contributed by atoms with E-state index in [0.717, 1.165) is 30.0 Å². The molecule has 0 saturated carbocycles. The van der Waals surface area contributed by atoms with Gasteiger partial charge in [-0.25, -0.2) is 9.97 Å². The third-order valence-corrected chi connectivity index (χ3v) is 5.76. The number of pyridine rings is 2. The Bertz CT molecular complexity index is 1110. The summed E-state index contributed by atoms with van der Waals surface area (Å²) in [5, 5.41) is 2.91. The van der Waals surface area contributed by atoms with Crippen LogP contribution in [0.3, 0.4) is 0 Å². The molecule has 1 aliphatic heterocycles. The first kappa shape index (κ1) is 21.7. The predicted octanol–water partition coefficient (Wildman–Crippen LogP) is 2.77. The summed E-state index contributed by atoms with van der Waals surface area (Å²) in [6.07, 6.45) is 9.40. The number of rotatable bonds is 7. The minimum absolute atomic E-state index is 0.109. The third kappa shape index (κ3) is 5.38. The first-order valence-electron chi connectivity index (χ1n) is 11.1. The molecular weight excluding hydrogens is 404 g/mol. The summed E-state index contributed by atoms with van der Waals surface area (Å²) in [4.78, 5) is 43.0. The van der Waals surface area contributed by atoms with Crippen LogP contribution in [0.1, 0.15) is 42.5 Å².